The van der Waals surface area contributed by atoms with E-state index in [0.29, 0.717) is 18.2 Å². The van der Waals surface area contributed by atoms with Gasteiger partial charge in [0.15, 0.2) is 15.0 Å². The molecule has 2 atom stereocenters. The highest BCUT2D eigenvalue weighted by molar-refractivity contribution is 8.16. The Kier molecular flexibility index (Phi) is 6.39. The second kappa shape index (κ2) is 9.04. The average molecular weight is 459 g/mol. The van der Waals surface area contributed by atoms with Crippen molar-refractivity contribution in [1.29, 1.82) is 0 Å². The van der Waals surface area contributed by atoms with E-state index in [1.807, 2.05) is 73.3 Å². The van der Waals surface area contributed by atoms with Gasteiger partial charge in [0, 0.05) is 17.4 Å². The maximum Gasteiger partial charge on any atom is 0.248 e. The first-order valence-electron chi connectivity index (χ1n) is 10.4. The third kappa shape index (κ3) is 5.30. The molecule has 2 heterocycles. The van der Waals surface area contributed by atoms with Crippen molar-refractivity contribution in [3.63, 3.8) is 0 Å². The van der Waals surface area contributed by atoms with Crippen molar-refractivity contribution < 1.29 is 17.9 Å². The van der Waals surface area contributed by atoms with Gasteiger partial charge in [-0.2, -0.15) is 4.99 Å². The van der Waals surface area contributed by atoms with Gasteiger partial charge < -0.3 is 9.64 Å². The Labute approximate surface area is 187 Å². The van der Waals surface area contributed by atoms with Crippen LogP contribution in [0.1, 0.15) is 25.8 Å². The zero-order chi connectivity index (χ0) is 22.0. The number of rotatable bonds is 6. The van der Waals surface area contributed by atoms with Gasteiger partial charge >= 0.3 is 0 Å². The molecule has 8 heteroatoms. The van der Waals surface area contributed by atoms with Gasteiger partial charge in [0.2, 0.25) is 5.91 Å². The Balaban J connectivity index is 1.54. The van der Waals surface area contributed by atoms with Gasteiger partial charge in [0.05, 0.1) is 17.5 Å². The summed E-state index contributed by atoms with van der Waals surface area (Å²) >= 11 is 1.40. The van der Waals surface area contributed by atoms with Crippen molar-refractivity contribution in [3.8, 4) is 5.75 Å². The molecule has 0 bridgehead atoms. The van der Waals surface area contributed by atoms with Crippen LogP contribution in [0.4, 0.5) is 5.69 Å². The molecule has 2 fully saturated rings. The molecule has 164 valence electrons. The first-order chi connectivity index (χ1) is 14.8. The van der Waals surface area contributed by atoms with Gasteiger partial charge in [0.25, 0.3) is 0 Å². The molecule has 31 heavy (non-hydrogen) atoms. The summed E-state index contributed by atoms with van der Waals surface area (Å²) in [6.07, 6.45) is 0.373. The maximum absolute atomic E-state index is 12.3. The lowest BCUT2D eigenvalue weighted by Gasteiger charge is -2.24. The number of hydrogen-bond donors (Lipinski definition) is 0. The summed E-state index contributed by atoms with van der Waals surface area (Å²) in [7, 11) is -3.09. The molecule has 0 spiro atoms. The molecule has 2 unspecified atom stereocenters. The molecule has 2 aromatic rings. The normalized spacial score (nSPS) is 23.3. The summed E-state index contributed by atoms with van der Waals surface area (Å²) < 4.78 is 30.3. The Morgan fingerprint density at radius 2 is 1.84 bits per heavy atom. The molecular weight excluding hydrogens is 432 g/mol. The maximum atomic E-state index is 12.3. The Bertz CT molecular complexity index is 1070. The summed E-state index contributed by atoms with van der Waals surface area (Å²) in [4.78, 5) is 18.6. The molecule has 4 rings (SSSR count). The summed E-state index contributed by atoms with van der Waals surface area (Å²) in [5, 5.41) is 0.484. The van der Waals surface area contributed by atoms with E-state index in [9.17, 15) is 13.2 Å². The topological polar surface area (TPSA) is 76.0 Å². The van der Waals surface area contributed by atoms with E-state index in [2.05, 4.69) is 4.99 Å². The lowest BCUT2D eigenvalue weighted by atomic mass is 10.1. The highest BCUT2D eigenvalue weighted by Gasteiger charge is 2.49. The monoisotopic (exact) mass is 458 g/mol. The van der Waals surface area contributed by atoms with E-state index >= 15 is 0 Å². The van der Waals surface area contributed by atoms with Gasteiger partial charge in [-0.15, -0.1) is 0 Å². The minimum absolute atomic E-state index is 0.0777. The number of ether oxygens (including phenoxy) is 1. The van der Waals surface area contributed by atoms with Crippen LogP contribution in [0, 0.1) is 5.92 Å². The number of benzene rings is 2. The highest BCUT2D eigenvalue weighted by atomic mass is 32.2. The Morgan fingerprint density at radius 1 is 1.13 bits per heavy atom. The number of carbonyl (C=O) groups excluding carboxylic acids is 1. The third-order valence-electron chi connectivity index (χ3n) is 5.23. The molecule has 6 nitrogen and oxygen atoms in total. The number of anilines is 1. The number of aliphatic imine (C=N–C) groups is 1. The molecule has 2 aliphatic rings. The molecule has 0 radical (unpaired) electrons. The minimum Gasteiger partial charge on any atom is -0.489 e. The quantitative estimate of drug-likeness (QED) is 0.653. The first-order valence-corrected chi connectivity index (χ1v) is 13.1. The molecule has 2 aliphatic heterocycles. The minimum atomic E-state index is -3.09. The highest BCUT2D eigenvalue weighted by Crippen LogP contribution is 2.41. The lowest BCUT2D eigenvalue weighted by Crippen LogP contribution is -2.37. The van der Waals surface area contributed by atoms with Crippen molar-refractivity contribution in [2.24, 2.45) is 10.9 Å². The van der Waals surface area contributed by atoms with Crippen LogP contribution >= 0.6 is 11.8 Å². The number of sulfone groups is 1. The van der Waals surface area contributed by atoms with E-state index in [-0.39, 0.29) is 34.6 Å². The Hall–Kier alpha value is -2.32. The van der Waals surface area contributed by atoms with Crippen LogP contribution in [0.2, 0.25) is 0 Å². The van der Waals surface area contributed by atoms with Crippen molar-refractivity contribution in [2.45, 2.75) is 38.2 Å². The zero-order valence-electron chi connectivity index (χ0n) is 17.6. The largest absolute Gasteiger partial charge is 0.489 e. The lowest BCUT2D eigenvalue weighted by molar-refractivity contribution is -0.118. The van der Waals surface area contributed by atoms with E-state index in [4.69, 9.17) is 4.74 Å². The van der Waals surface area contributed by atoms with E-state index < -0.39 is 9.84 Å². The van der Waals surface area contributed by atoms with Crippen LogP contribution in [0.25, 0.3) is 0 Å². The van der Waals surface area contributed by atoms with Crippen LogP contribution in [-0.4, -0.2) is 42.3 Å². The van der Waals surface area contributed by atoms with E-state index in [1.165, 1.54) is 11.8 Å². The number of hydrogen-bond acceptors (Lipinski definition) is 5. The zero-order valence-corrected chi connectivity index (χ0v) is 19.2. The average Bonchev–Trinajstić information content (AvgIpc) is 3.17. The smallest absolute Gasteiger partial charge is 0.248 e. The second-order valence-electron chi connectivity index (χ2n) is 8.32. The summed E-state index contributed by atoms with van der Waals surface area (Å²) in [5.74, 6) is 0.971. The molecule has 2 saturated heterocycles. The van der Waals surface area contributed by atoms with Crippen molar-refractivity contribution in [1.82, 2.24) is 0 Å². The van der Waals surface area contributed by atoms with Gasteiger partial charge in [-0.3, -0.25) is 4.79 Å². The third-order valence-corrected chi connectivity index (χ3v) is 8.44. The predicted octanol–water partition coefficient (Wildman–Crippen LogP) is 3.91. The van der Waals surface area contributed by atoms with E-state index in [0.717, 1.165) is 17.0 Å². The fraction of sp³-hybridized carbons (Fsp3) is 0.391. The van der Waals surface area contributed by atoms with Crippen LogP contribution < -0.4 is 9.64 Å². The fourth-order valence-corrected chi connectivity index (χ4v) is 7.74. The number of amidine groups is 1. The molecule has 0 aliphatic carbocycles. The molecule has 2 aromatic carbocycles. The summed E-state index contributed by atoms with van der Waals surface area (Å²) in [6, 6.07) is 17.3. The molecule has 1 amide bonds. The van der Waals surface area contributed by atoms with Crippen molar-refractivity contribution in [3.05, 3.63) is 60.2 Å². The molecule has 0 aromatic heterocycles. The standard InChI is InChI=1S/C23H26N2O4S2/c1-16(2)12-22(26)24-23-25(20-14-31(27,28)15-21(20)30-23)18-8-10-19(11-9-18)29-13-17-6-4-3-5-7-17/h3-11,16,20-21H,12-15H2,1-2H3. The molecular formula is C23H26N2O4S2. The van der Waals surface area contributed by atoms with Crippen molar-refractivity contribution >= 4 is 38.4 Å². The molecule has 0 N–H and O–H groups in total. The fourth-order valence-electron chi connectivity index (χ4n) is 3.81. The van der Waals surface area contributed by atoms with Gasteiger partial charge in [-0.05, 0) is 35.7 Å². The SMILES string of the molecule is CC(C)CC(=O)N=C1SC2CS(=O)(=O)CC2N1c1ccc(OCc2ccccc2)cc1. The van der Waals surface area contributed by atoms with Crippen LogP contribution in [0.5, 0.6) is 5.75 Å². The molecule has 0 saturated carbocycles. The first kappa shape index (κ1) is 21.9. The number of thioether (sulfide) groups is 1. The van der Waals surface area contributed by atoms with Crippen molar-refractivity contribution in [2.75, 3.05) is 16.4 Å². The number of fused-ring (bicyclic) bond motifs is 1. The predicted molar refractivity (Wildman–Crippen MR) is 125 cm³/mol. The number of nitrogens with zero attached hydrogens (tertiary/aromatic N) is 2. The van der Waals surface area contributed by atoms with Crippen LogP contribution in [-0.2, 0) is 21.2 Å². The summed E-state index contributed by atoms with van der Waals surface area (Å²) in [5.41, 5.74) is 1.90. The second-order valence-corrected chi connectivity index (χ2v) is 11.7. The van der Waals surface area contributed by atoms with E-state index in [1.54, 1.807) is 0 Å². The Morgan fingerprint density at radius 3 is 2.52 bits per heavy atom. The number of amides is 1. The van der Waals surface area contributed by atoms with Crippen LogP contribution in [0.3, 0.4) is 0 Å². The van der Waals surface area contributed by atoms with Gasteiger partial charge in [0.1, 0.15) is 12.4 Å². The van der Waals surface area contributed by atoms with Gasteiger partial charge in [-0.25, -0.2) is 8.42 Å². The van der Waals surface area contributed by atoms with Gasteiger partial charge in [-0.1, -0.05) is 55.9 Å². The number of carbonyl (C=O) groups is 1. The van der Waals surface area contributed by atoms with Crippen LogP contribution in [0.15, 0.2) is 59.6 Å². The summed E-state index contributed by atoms with van der Waals surface area (Å²) in [6.45, 7) is 4.43.